The molecular formula is C23H31N9O2Se2. The predicted octanol–water partition coefficient (Wildman–Crippen LogP) is -1.18. The normalized spacial score (nSPS) is 9.36. The summed E-state index contributed by atoms with van der Waals surface area (Å²) >= 11 is 3.14. The third-order valence-corrected chi connectivity index (χ3v) is 6.52. The van der Waals surface area contributed by atoms with Gasteiger partial charge in [-0.1, -0.05) is 0 Å². The molecule has 0 spiro atoms. The Hall–Kier alpha value is -3.34. The molecular weight excluding hydrogens is 592 g/mol. The molecule has 0 aliphatic rings. The van der Waals surface area contributed by atoms with Crippen molar-refractivity contribution in [3.05, 3.63) is 80.9 Å². The summed E-state index contributed by atoms with van der Waals surface area (Å²) in [4.78, 5) is 16.7. The summed E-state index contributed by atoms with van der Waals surface area (Å²) in [6.07, 6.45) is 1.81. The van der Waals surface area contributed by atoms with Gasteiger partial charge in [0.25, 0.3) is 6.47 Å². The molecule has 36 heavy (non-hydrogen) atoms. The van der Waals surface area contributed by atoms with Gasteiger partial charge in [0.1, 0.15) is 0 Å². The van der Waals surface area contributed by atoms with Gasteiger partial charge in [-0.05, 0) is 0 Å². The Balaban J connectivity index is 0.000000295. The summed E-state index contributed by atoms with van der Waals surface area (Å²) < 4.78 is 7.41. The maximum absolute atomic E-state index is 9.41. The van der Waals surface area contributed by atoms with Crippen LogP contribution in [0.4, 0.5) is 0 Å². The summed E-state index contributed by atoms with van der Waals surface area (Å²) in [6, 6.07) is 20.5. The zero-order chi connectivity index (χ0) is 26.6. The SMILES string of the molecule is NC(N)=NCOC=O.NC(N)=NCc1nnc(Cc2ccccc2)[se]1.NCC(=[Se])Cc1ccccc1. The van der Waals surface area contributed by atoms with Crippen LogP contribution in [0.1, 0.15) is 20.3 Å². The van der Waals surface area contributed by atoms with E-state index in [9.17, 15) is 4.79 Å². The number of hydrogen-bond donors (Lipinski definition) is 5. The first-order valence-corrected chi connectivity index (χ1v) is 13.2. The number of nitrogens with two attached hydrogens (primary N) is 5. The molecule has 0 radical (unpaired) electrons. The Morgan fingerprint density at radius 3 is 1.97 bits per heavy atom. The molecule has 0 fully saturated rings. The van der Waals surface area contributed by atoms with Crippen LogP contribution >= 0.6 is 0 Å². The van der Waals surface area contributed by atoms with E-state index in [0.29, 0.717) is 13.1 Å². The van der Waals surface area contributed by atoms with Crippen LogP contribution in [-0.2, 0) is 28.9 Å². The summed E-state index contributed by atoms with van der Waals surface area (Å²) in [5.74, 6) is 0.00635. The molecule has 192 valence electrons. The average molecular weight is 623 g/mol. The molecule has 0 saturated heterocycles. The first kappa shape index (κ1) is 30.7. The second-order valence-electron chi connectivity index (χ2n) is 6.87. The predicted molar refractivity (Wildman–Crippen MR) is 146 cm³/mol. The quantitative estimate of drug-likeness (QED) is 0.0605. The number of rotatable bonds is 10. The Bertz CT molecular complexity index is 1080. The molecule has 3 rings (SSSR count). The van der Waals surface area contributed by atoms with E-state index in [1.165, 1.54) is 15.5 Å². The first-order valence-electron chi connectivity index (χ1n) is 10.6. The van der Waals surface area contributed by atoms with E-state index in [0.717, 1.165) is 22.0 Å². The van der Waals surface area contributed by atoms with Gasteiger partial charge >= 0.3 is 180 Å². The van der Waals surface area contributed by atoms with Crippen LogP contribution < -0.4 is 28.7 Å². The second kappa shape index (κ2) is 18.9. The van der Waals surface area contributed by atoms with Gasteiger partial charge in [0.15, 0.2) is 12.7 Å². The Labute approximate surface area is 224 Å². The molecule has 0 amide bonds. The van der Waals surface area contributed by atoms with Crippen LogP contribution in [0.3, 0.4) is 0 Å². The van der Waals surface area contributed by atoms with Crippen molar-refractivity contribution < 1.29 is 9.53 Å². The first-order chi connectivity index (χ1) is 17.3. The van der Waals surface area contributed by atoms with Crippen molar-refractivity contribution in [3.8, 4) is 0 Å². The fourth-order valence-corrected chi connectivity index (χ4v) is 4.43. The van der Waals surface area contributed by atoms with Gasteiger partial charge in [0, 0.05) is 0 Å². The molecule has 0 bridgehead atoms. The van der Waals surface area contributed by atoms with Crippen molar-refractivity contribution in [1.29, 1.82) is 0 Å². The third kappa shape index (κ3) is 15.5. The fourth-order valence-electron chi connectivity index (χ4n) is 2.39. The minimum atomic E-state index is -0.105. The average Bonchev–Trinajstić information content (AvgIpc) is 3.32. The summed E-state index contributed by atoms with van der Waals surface area (Å²) in [5, 5.41) is 8.27. The topological polar surface area (TPSA) is 207 Å². The number of hydrogen-bond acceptors (Lipinski definition) is 7. The number of nitrogens with zero attached hydrogens (tertiary/aromatic N) is 4. The van der Waals surface area contributed by atoms with E-state index in [2.05, 4.69) is 64.8 Å². The number of carbonyl (C=O) groups excluding carboxylic acids is 1. The standard InChI is InChI=1S/C11H13N5Se.C9H11NSe.C3H7N3O2/c12-11(13)14-7-10-16-15-9(17-10)6-8-4-2-1-3-5-8;10-7-9(11)6-8-4-2-1-3-5-8;4-3(5)6-1-8-2-7/h1-5H,6-7H2,(H4,12,13,14);1-5H,6-7,10H2;2H,1H2,(H4,4,5,6). The minimum absolute atomic E-state index is 0.0909. The van der Waals surface area contributed by atoms with Crippen LogP contribution in [0, 0.1) is 0 Å². The number of guanidine groups is 2. The second-order valence-corrected chi connectivity index (χ2v) is 10.5. The molecule has 0 saturated carbocycles. The van der Waals surface area contributed by atoms with Gasteiger partial charge in [0.05, 0.1) is 0 Å². The molecule has 1 aromatic heterocycles. The number of carbonyl (C=O) groups is 1. The van der Waals surface area contributed by atoms with Crippen molar-refractivity contribution in [2.45, 2.75) is 19.4 Å². The maximum atomic E-state index is 9.41. The molecule has 3 aromatic rings. The van der Waals surface area contributed by atoms with E-state index >= 15 is 0 Å². The molecule has 0 unspecified atom stereocenters. The summed E-state index contributed by atoms with van der Waals surface area (Å²) in [5.41, 5.74) is 28.3. The zero-order valence-electron chi connectivity index (χ0n) is 19.7. The summed E-state index contributed by atoms with van der Waals surface area (Å²) in [6.45, 7) is 1.26. The van der Waals surface area contributed by atoms with Gasteiger partial charge in [-0.2, -0.15) is 0 Å². The van der Waals surface area contributed by atoms with Crippen LogP contribution in [0.5, 0.6) is 0 Å². The van der Waals surface area contributed by atoms with Gasteiger partial charge in [-0.3, -0.25) is 4.79 Å². The molecule has 13 heteroatoms. The van der Waals surface area contributed by atoms with Gasteiger partial charge in [0.2, 0.25) is 0 Å². The van der Waals surface area contributed by atoms with Crippen molar-refractivity contribution in [2.24, 2.45) is 38.7 Å². The molecule has 0 aliphatic carbocycles. The van der Waals surface area contributed by atoms with Crippen molar-refractivity contribution >= 4 is 52.9 Å². The van der Waals surface area contributed by atoms with E-state index in [-0.39, 0.29) is 39.6 Å². The van der Waals surface area contributed by atoms with Crippen molar-refractivity contribution in [2.75, 3.05) is 13.3 Å². The van der Waals surface area contributed by atoms with Gasteiger partial charge in [-0.15, -0.1) is 0 Å². The van der Waals surface area contributed by atoms with Crippen LogP contribution in [0.15, 0.2) is 70.6 Å². The van der Waals surface area contributed by atoms with Crippen molar-refractivity contribution in [1.82, 2.24) is 10.2 Å². The number of aliphatic imine (C=N–C) groups is 2. The van der Waals surface area contributed by atoms with E-state index < -0.39 is 0 Å². The number of aromatic nitrogens is 2. The molecule has 0 atom stereocenters. The van der Waals surface area contributed by atoms with E-state index in [4.69, 9.17) is 28.7 Å². The monoisotopic (exact) mass is 625 g/mol. The number of ether oxygens (including phenoxy) is 1. The van der Waals surface area contributed by atoms with Crippen molar-refractivity contribution in [3.63, 3.8) is 0 Å². The van der Waals surface area contributed by atoms with Crippen LogP contribution in [-0.4, -0.2) is 76.4 Å². The fraction of sp³-hybridized carbons (Fsp3) is 0.217. The Morgan fingerprint density at radius 1 is 0.889 bits per heavy atom. The van der Waals surface area contributed by atoms with E-state index in [1.807, 2.05) is 36.4 Å². The third-order valence-electron chi connectivity index (χ3n) is 3.97. The van der Waals surface area contributed by atoms with Gasteiger partial charge in [-0.25, -0.2) is 4.99 Å². The Kier molecular flexibility index (Phi) is 16.1. The van der Waals surface area contributed by atoms with Crippen LogP contribution in [0.2, 0.25) is 0 Å². The molecule has 2 aromatic carbocycles. The van der Waals surface area contributed by atoms with E-state index in [1.54, 1.807) is 0 Å². The Morgan fingerprint density at radius 2 is 1.44 bits per heavy atom. The molecule has 0 aliphatic heterocycles. The molecule has 10 N–H and O–H groups in total. The molecule has 1 heterocycles. The van der Waals surface area contributed by atoms with Gasteiger partial charge < -0.3 is 16.2 Å². The van der Waals surface area contributed by atoms with Crippen LogP contribution in [0.25, 0.3) is 0 Å². The summed E-state index contributed by atoms with van der Waals surface area (Å²) in [7, 11) is 0. The zero-order valence-corrected chi connectivity index (χ0v) is 23.1. The number of benzene rings is 2. The molecule has 11 nitrogen and oxygen atoms in total.